The average Bonchev–Trinajstić information content (AvgIpc) is 3.22. The van der Waals surface area contributed by atoms with E-state index in [-0.39, 0.29) is 11.7 Å². The van der Waals surface area contributed by atoms with Gasteiger partial charge in [-0.15, -0.1) is 6.58 Å². The van der Waals surface area contributed by atoms with Crippen LogP contribution < -0.4 is 0 Å². The van der Waals surface area contributed by atoms with E-state index in [9.17, 15) is 9.90 Å². The van der Waals surface area contributed by atoms with Crippen molar-refractivity contribution in [1.29, 1.82) is 0 Å². The van der Waals surface area contributed by atoms with Crippen molar-refractivity contribution in [1.82, 2.24) is 4.90 Å². The highest BCUT2D eigenvalue weighted by Gasteiger charge is 2.42. The Hall–Kier alpha value is -1.61. The molecule has 2 unspecified atom stereocenters. The Balaban J connectivity index is 0.000000269. The van der Waals surface area contributed by atoms with Crippen LogP contribution in [-0.2, 0) is 9.53 Å². The molecule has 0 bridgehead atoms. The lowest BCUT2D eigenvalue weighted by Gasteiger charge is -2.30. The molecule has 3 aliphatic rings. The zero-order chi connectivity index (χ0) is 18.6. The normalized spacial score (nSPS) is 28.5. The molecule has 4 nitrogen and oxygen atoms in total. The van der Waals surface area contributed by atoms with Gasteiger partial charge >= 0.3 is 0 Å². The Morgan fingerprint density at radius 3 is 2.48 bits per heavy atom. The minimum atomic E-state index is -0.247. The highest BCUT2D eigenvalue weighted by molar-refractivity contribution is 5.66. The quantitative estimate of drug-likeness (QED) is 0.626. The number of aliphatic hydroxyl groups is 1. The Kier molecular flexibility index (Phi) is 6.45. The van der Waals surface area contributed by atoms with Gasteiger partial charge < -0.3 is 9.84 Å². The van der Waals surface area contributed by atoms with Crippen LogP contribution in [0.3, 0.4) is 0 Å². The van der Waals surface area contributed by atoms with Crippen LogP contribution in [0, 0.1) is 17.3 Å². The third kappa shape index (κ3) is 4.94. The van der Waals surface area contributed by atoms with E-state index in [1.807, 2.05) is 25.9 Å². The molecule has 0 spiro atoms. The lowest BCUT2D eigenvalue weighted by molar-refractivity contribution is 0.0423. The molecule has 1 heterocycles. The first-order chi connectivity index (χ1) is 11.8. The third-order valence-electron chi connectivity index (χ3n) is 5.47. The summed E-state index contributed by atoms with van der Waals surface area (Å²) in [6.45, 7) is 15.9. The summed E-state index contributed by atoms with van der Waals surface area (Å²) in [5, 5.41) is 9.87. The van der Waals surface area contributed by atoms with Crippen molar-refractivity contribution < 1.29 is 14.6 Å². The summed E-state index contributed by atoms with van der Waals surface area (Å²) in [7, 11) is 0. The molecular formula is C21H31NO3. The summed E-state index contributed by atoms with van der Waals surface area (Å²) in [5.74, 6) is 2.83. The Morgan fingerprint density at radius 1 is 1.44 bits per heavy atom. The second-order valence-corrected chi connectivity index (χ2v) is 7.90. The van der Waals surface area contributed by atoms with Crippen molar-refractivity contribution in [3.8, 4) is 0 Å². The lowest BCUT2D eigenvalue weighted by Crippen LogP contribution is -2.38. The number of hydrogen-bond acceptors (Lipinski definition) is 4. The van der Waals surface area contributed by atoms with Crippen molar-refractivity contribution in [3.63, 3.8) is 0 Å². The van der Waals surface area contributed by atoms with Crippen LogP contribution in [0.2, 0.25) is 0 Å². The average molecular weight is 345 g/mol. The van der Waals surface area contributed by atoms with Crippen LogP contribution in [0.4, 0.5) is 0 Å². The SMILES string of the molecule is C=CC1CC1(C)C.CC1=C(O)C(C)C(=C=O)C(CN2CCOCC2)=C1. The van der Waals surface area contributed by atoms with Crippen molar-refractivity contribution in [2.24, 2.45) is 17.3 Å². The number of allylic oxidation sites excluding steroid dienone is 4. The maximum atomic E-state index is 11.1. The number of aliphatic hydroxyl groups excluding tert-OH is 1. The van der Waals surface area contributed by atoms with E-state index in [4.69, 9.17) is 4.74 Å². The van der Waals surface area contributed by atoms with Gasteiger partial charge in [-0.25, -0.2) is 4.79 Å². The topological polar surface area (TPSA) is 49.8 Å². The van der Waals surface area contributed by atoms with Crippen LogP contribution in [0.25, 0.3) is 0 Å². The molecule has 25 heavy (non-hydrogen) atoms. The summed E-state index contributed by atoms with van der Waals surface area (Å²) >= 11 is 0. The molecule has 4 heteroatoms. The molecular weight excluding hydrogens is 314 g/mol. The van der Waals surface area contributed by atoms with Gasteiger partial charge in [-0.3, -0.25) is 4.90 Å². The lowest BCUT2D eigenvalue weighted by atomic mass is 9.85. The first kappa shape index (κ1) is 19.7. The fourth-order valence-electron chi connectivity index (χ4n) is 3.36. The maximum absolute atomic E-state index is 11.1. The molecule has 2 aliphatic carbocycles. The summed E-state index contributed by atoms with van der Waals surface area (Å²) < 4.78 is 5.31. The summed E-state index contributed by atoms with van der Waals surface area (Å²) in [5.41, 5.74) is 2.98. The molecule has 0 aromatic rings. The van der Waals surface area contributed by atoms with Gasteiger partial charge in [0.15, 0.2) is 0 Å². The monoisotopic (exact) mass is 345 g/mol. The molecule has 0 aromatic carbocycles. The fourth-order valence-corrected chi connectivity index (χ4v) is 3.36. The van der Waals surface area contributed by atoms with Crippen molar-refractivity contribution in [2.75, 3.05) is 32.8 Å². The zero-order valence-electron chi connectivity index (χ0n) is 16.0. The summed E-state index contributed by atoms with van der Waals surface area (Å²) in [6, 6.07) is 0. The van der Waals surface area contributed by atoms with Crippen LogP contribution in [-0.4, -0.2) is 48.8 Å². The van der Waals surface area contributed by atoms with Gasteiger partial charge in [-0.1, -0.05) is 32.9 Å². The van der Waals surface area contributed by atoms with E-state index < -0.39 is 0 Å². The number of ether oxygens (including phenoxy) is 1. The first-order valence-corrected chi connectivity index (χ1v) is 9.08. The molecule has 1 saturated heterocycles. The molecule has 0 aromatic heterocycles. The van der Waals surface area contributed by atoms with Crippen LogP contribution >= 0.6 is 0 Å². The number of morpholine rings is 1. The number of hydrogen-bond donors (Lipinski definition) is 1. The molecule has 1 N–H and O–H groups in total. The molecule has 138 valence electrons. The van der Waals surface area contributed by atoms with Crippen LogP contribution in [0.1, 0.15) is 34.1 Å². The smallest absolute Gasteiger partial charge is 0.129 e. The Bertz CT molecular complexity index is 617. The minimum Gasteiger partial charge on any atom is -0.511 e. The van der Waals surface area contributed by atoms with E-state index in [0.717, 1.165) is 49.9 Å². The van der Waals surface area contributed by atoms with Crippen LogP contribution in [0.15, 0.2) is 41.2 Å². The van der Waals surface area contributed by atoms with Crippen molar-refractivity contribution >= 4 is 5.94 Å². The molecule has 3 rings (SSSR count). The first-order valence-electron chi connectivity index (χ1n) is 9.08. The summed E-state index contributed by atoms with van der Waals surface area (Å²) in [6.07, 6.45) is 5.29. The van der Waals surface area contributed by atoms with E-state index in [0.29, 0.717) is 11.0 Å². The van der Waals surface area contributed by atoms with E-state index in [1.54, 1.807) is 0 Å². The molecule has 2 atom stereocenters. The maximum Gasteiger partial charge on any atom is 0.129 e. The van der Waals surface area contributed by atoms with Gasteiger partial charge in [-0.2, -0.15) is 0 Å². The third-order valence-corrected chi connectivity index (χ3v) is 5.47. The van der Waals surface area contributed by atoms with Crippen LogP contribution in [0.5, 0.6) is 0 Å². The van der Waals surface area contributed by atoms with Gasteiger partial charge in [0.2, 0.25) is 0 Å². The van der Waals surface area contributed by atoms with Gasteiger partial charge in [0.25, 0.3) is 0 Å². The van der Waals surface area contributed by atoms with Gasteiger partial charge in [0, 0.05) is 25.6 Å². The fraction of sp³-hybridized carbons (Fsp3) is 0.619. The van der Waals surface area contributed by atoms with Gasteiger partial charge in [-0.05, 0) is 35.8 Å². The van der Waals surface area contributed by atoms with Crippen molar-refractivity contribution in [2.45, 2.75) is 34.1 Å². The van der Waals surface area contributed by atoms with Gasteiger partial charge in [0.1, 0.15) is 11.7 Å². The predicted molar refractivity (Wildman–Crippen MR) is 101 cm³/mol. The molecule has 0 radical (unpaired) electrons. The number of carbonyl (C=O) groups excluding carboxylic acids is 1. The second kappa shape index (κ2) is 8.18. The second-order valence-electron chi connectivity index (χ2n) is 7.90. The highest BCUT2D eigenvalue weighted by Crippen LogP contribution is 2.51. The summed E-state index contributed by atoms with van der Waals surface area (Å²) in [4.78, 5) is 13.4. The van der Waals surface area contributed by atoms with E-state index >= 15 is 0 Å². The minimum absolute atomic E-state index is 0.247. The molecule has 1 aliphatic heterocycles. The highest BCUT2D eigenvalue weighted by atomic mass is 16.5. The molecule has 0 amide bonds. The van der Waals surface area contributed by atoms with Gasteiger partial charge in [0.05, 0.1) is 18.8 Å². The van der Waals surface area contributed by atoms with Crippen molar-refractivity contribution in [3.05, 3.63) is 41.2 Å². The standard InChI is InChI=1S/C14H19NO3.C7H12/c1-10-7-12(8-15-3-5-18-6-4-15)13(9-16)11(2)14(10)17;1-4-6-5-7(6,2)3/h7,11,17H,3-6,8H2,1-2H3;4,6H,1,5H2,2-3H3. The van der Waals surface area contributed by atoms with E-state index in [1.165, 1.54) is 6.42 Å². The predicted octanol–water partition coefficient (Wildman–Crippen LogP) is 3.70. The zero-order valence-corrected chi connectivity index (χ0v) is 16.0. The molecule has 1 saturated carbocycles. The number of nitrogens with zero attached hydrogens (tertiary/aromatic N) is 1. The Morgan fingerprint density at radius 2 is 2.04 bits per heavy atom. The Labute approximate surface area is 151 Å². The molecule has 2 fully saturated rings. The largest absolute Gasteiger partial charge is 0.511 e. The van der Waals surface area contributed by atoms with E-state index in [2.05, 4.69) is 31.4 Å². The number of rotatable bonds is 3.